The molecule has 1 aromatic heterocycles. The lowest BCUT2D eigenvalue weighted by molar-refractivity contribution is -0.591. The van der Waals surface area contributed by atoms with Gasteiger partial charge in [0.2, 0.25) is 5.71 Å². The molecular weight excluding hydrogens is 240 g/mol. The van der Waals surface area contributed by atoms with Crippen molar-refractivity contribution in [2.45, 2.75) is 6.42 Å². The maximum Gasteiger partial charge on any atom is 0.378 e. The first-order chi connectivity index (χ1) is 8.58. The topological polar surface area (TPSA) is 91.9 Å². The number of aromatic nitrogens is 1. The molecule has 0 bridgehead atoms. The summed E-state index contributed by atoms with van der Waals surface area (Å²) < 4.78 is 9.38. The van der Waals surface area contributed by atoms with E-state index in [9.17, 15) is 14.8 Å². The van der Waals surface area contributed by atoms with Gasteiger partial charge in [0.15, 0.2) is 0 Å². The number of nitrogens with zero attached hydrogens (tertiary/aromatic N) is 2. The Bertz CT molecular complexity index is 484. The smallest absolute Gasteiger partial charge is 0.378 e. The van der Waals surface area contributed by atoms with Gasteiger partial charge in [-0.2, -0.15) is 0 Å². The summed E-state index contributed by atoms with van der Waals surface area (Å²) in [6.07, 6.45) is 0.865. The van der Waals surface area contributed by atoms with Crippen LogP contribution in [0.2, 0.25) is 0 Å². The highest BCUT2D eigenvalue weighted by molar-refractivity contribution is 6.39. The number of esters is 2. The van der Waals surface area contributed by atoms with Crippen LogP contribution in [0.5, 0.6) is 0 Å². The molecule has 96 valence electrons. The average molecular weight is 252 g/mol. The Balaban J connectivity index is 3.06. The summed E-state index contributed by atoms with van der Waals surface area (Å²) in [5, 5.41) is 11.4. The Hall–Kier alpha value is -2.44. The van der Waals surface area contributed by atoms with E-state index in [1.807, 2.05) is 0 Å². The third kappa shape index (κ3) is 3.55. The number of hydrogen-bond acceptors (Lipinski definition) is 6. The Morgan fingerprint density at radius 1 is 1.33 bits per heavy atom. The second-order valence-corrected chi connectivity index (χ2v) is 3.19. The summed E-state index contributed by atoms with van der Waals surface area (Å²) in [6, 6.07) is 4.51. The van der Waals surface area contributed by atoms with E-state index < -0.39 is 11.9 Å². The fourth-order valence-electron chi connectivity index (χ4n) is 1.13. The van der Waals surface area contributed by atoms with Crippen molar-refractivity contribution >= 4 is 23.5 Å². The molecule has 0 N–H and O–H groups in total. The molecule has 0 aliphatic heterocycles. The van der Waals surface area contributed by atoms with E-state index in [1.165, 1.54) is 25.4 Å². The molecule has 0 spiro atoms. The highest BCUT2D eigenvalue weighted by Crippen LogP contribution is 2.06. The highest BCUT2D eigenvalue weighted by atomic mass is 16.5. The second-order valence-electron chi connectivity index (χ2n) is 3.19. The van der Waals surface area contributed by atoms with Gasteiger partial charge < -0.3 is 14.7 Å². The van der Waals surface area contributed by atoms with Crippen LogP contribution >= 0.6 is 0 Å². The first-order valence-corrected chi connectivity index (χ1v) is 4.99. The van der Waals surface area contributed by atoms with Crippen molar-refractivity contribution in [3.63, 3.8) is 0 Å². The summed E-state index contributed by atoms with van der Waals surface area (Å²) in [5.74, 6) is -1.45. The molecule has 0 amide bonds. The zero-order chi connectivity index (χ0) is 13.5. The summed E-state index contributed by atoms with van der Waals surface area (Å²) in [4.78, 5) is 26.3. The number of carbonyl (C=O) groups is 2. The van der Waals surface area contributed by atoms with Crippen LogP contribution in [0.25, 0.3) is 0 Å². The SMILES string of the molecule is COC(=O)CC(=Nc1cccc[n+]1[O-])C(=O)OC. The van der Waals surface area contributed by atoms with Gasteiger partial charge in [0.05, 0.1) is 20.4 Å². The third-order valence-electron chi connectivity index (χ3n) is 2.01. The first-order valence-electron chi connectivity index (χ1n) is 4.99. The van der Waals surface area contributed by atoms with Crippen LogP contribution < -0.4 is 4.73 Å². The number of carbonyl (C=O) groups excluding carboxylic acids is 2. The predicted octanol–water partition coefficient (Wildman–Crippen LogP) is 0.129. The van der Waals surface area contributed by atoms with Crippen molar-refractivity contribution in [1.82, 2.24) is 0 Å². The van der Waals surface area contributed by atoms with Gasteiger partial charge in [-0.3, -0.25) is 4.79 Å². The number of rotatable bonds is 4. The molecule has 0 aliphatic carbocycles. The van der Waals surface area contributed by atoms with Crippen LogP contribution in [0.3, 0.4) is 0 Å². The average Bonchev–Trinajstić information content (AvgIpc) is 2.39. The van der Waals surface area contributed by atoms with Gasteiger partial charge >= 0.3 is 17.8 Å². The van der Waals surface area contributed by atoms with Crippen molar-refractivity contribution in [2.75, 3.05) is 14.2 Å². The van der Waals surface area contributed by atoms with Crippen molar-refractivity contribution in [2.24, 2.45) is 4.99 Å². The normalized spacial score (nSPS) is 10.9. The molecule has 0 atom stereocenters. The number of hydrogen-bond donors (Lipinski definition) is 0. The van der Waals surface area contributed by atoms with Crippen molar-refractivity contribution in [3.05, 3.63) is 29.6 Å². The van der Waals surface area contributed by atoms with E-state index in [0.29, 0.717) is 4.73 Å². The number of methoxy groups -OCH3 is 2. The second kappa shape index (κ2) is 6.33. The van der Waals surface area contributed by atoms with Crippen molar-refractivity contribution in [3.8, 4) is 0 Å². The Labute approximate surface area is 103 Å². The van der Waals surface area contributed by atoms with E-state index in [1.54, 1.807) is 6.07 Å². The lowest BCUT2D eigenvalue weighted by atomic mass is 10.2. The number of pyridine rings is 1. The Morgan fingerprint density at radius 2 is 2.06 bits per heavy atom. The highest BCUT2D eigenvalue weighted by Gasteiger charge is 2.23. The third-order valence-corrected chi connectivity index (χ3v) is 2.01. The van der Waals surface area contributed by atoms with Gasteiger partial charge in [0.1, 0.15) is 6.42 Å². The van der Waals surface area contributed by atoms with E-state index in [2.05, 4.69) is 14.5 Å². The lowest BCUT2D eigenvalue weighted by Gasteiger charge is -2.03. The minimum Gasteiger partial charge on any atom is -0.710 e. The Morgan fingerprint density at radius 3 is 2.61 bits per heavy atom. The van der Waals surface area contributed by atoms with Gasteiger partial charge in [-0.1, -0.05) is 6.07 Å². The predicted molar refractivity (Wildman–Crippen MR) is 61.1 cm³/mol. The van der Waals surface area contributed by atoms with E-state index in [4.69, 9.17) is 0 Å². The summed E-state index contributed by atoms with van der Waals surface area (Å²) >= 11 is 0. The van der Waals surface area contributed by atoms with Crippen LogP contribution in [-0.2, 0) is 19.1 Å². The lowest BCUT2D eigenvalue weighted by Crippen LogP contribution is -2.27. The van der Waals surface area contributed by atoms with E-state index in [-0.39, 0.29) is 18.0 Å². The van der Waals surface area contributed by atoms with E-state index >= 15 is 0 Å². The monoisotopic (exact) mass is 252 g/mol. The minimum absolute atomic E-state index is 0.0122. The quantitative estimate of drug-likeness (QED) is 0.328. The van der Waals surface area contributed by atoms with Gasteiger partial charge in [0.25, 0.3) is 0 Å². The molecule has 1 rings (SSSR count). The number of ether oxygens (including phenoxy) is 2. The maximum absolute atomic E-state index is 11.4. The molecule has 1 aromatic rings. The molecule has 0 aliphatic rings. The fraction of sp³-hybridized carbons (Fsp3) is 0.273. The molecular formula is C11H12N2O5. The van der Waals surface area contributed by atoms with Gasteiger partial charge in [-0.25, -0.2) is 9.52 Å². The van der Waals surface area contributed by atoms with Crippen molar-refractivity contribution < 1.29 is 23.8 Å². The van der Waals surface area contributed by atoms with Gasteiger partial charge in [0, 0.05) is 6.07 Å². The van der Waals surface area contributed by atoms with Crippen LogP contribution in [-0.4, -0.2) is 31.9 Å². The molecule has 0 saturated heterocycles. The van der Waals surface area contributed by atoms with Crippen molar-refractivity contribution in [1.29, 1.82) is 0 Å². The molecule has 0 saturated carbocycles. The summed E-state index contributed by atoms with van der Waals surface area (Å²) in [6.45, 7) is 0. The maximum atomic E-state index is 11.4. The fourth-order valence-corrected chi connectivity index (χ4v) is 1.13. The number of aliphatic imine (C=N–C) groups is 1. The van der Waals surface area contributed by atoms with Crippen LogP contribution in [0.1, 0.15) is 6.42 Å². The molecule has 0 radical (unpaired) electrons. The van der Waals surface area contributed by atoms with Crippen LogP contribution in [0, 0.1) is 5.21 Å². The summed E-state index contributed by atoms with van der Waals surface area (Å²) in [5.41, 5.74) is -0.194. The zero-order valence-electron chi connectivity index (χ0n) is 9.95. The zero-order valence-corrected chi connectivity index (χ0v) is 9.95. The minimum atomic E-state index is -0.788. The first kappa shape index (κ1) is 13.6. The largest absolute Gasteiger partial charge is 0.710 e. The molecule has 0 aromatic carbocycles. The van der Waals surface area contributed by atoms with E-state index in [0.717, 1.165) is 7.11 Å². The van der Waals surface area contributed by atoms with Crippen LogP contribution in [0.15, 0.2) is 29.4 Å². The molecule has 18 heavy (non-hydrogen) atoms. The van der Waals surface area contributed by atoms with Gasteiger partial charge in [-0.05, 0) is 11.1 Å². The molecule has 0 unspecified atom stereocenters. The summed E-state index contributed by atoms with van der Waals surface area (Å²) in [7, 11) is 2.35. The molecule has 7 nitrogen and oxygen atoms in total. The molecule has 7 heteroatoms. The Kier molecular flexibility index (Phi) is 4.79. The standard InChI is InChI=1S/C11H12N2O5/c1-17-10(14)7-8(11(15)18-2)12-9-5-3-4-6-13(9)16/h3-6H,7H2,1-2H3. The molecule has 1 heterocycles. The molecule has 0 fully saturated rings. The van der Waals surface area contributed by atoms with Crippen LogP contribution in [0.4, 0.5) is 5.82 Å². The van der Waals surface area contributed by atoms with Gasteiger partial charge in [-0.15, -0.1) is 0 Å².